The third-order valence-electron chi connectivity index (χ3n) is 0.831. The fraction of sp³-hybridized carbons (Fsp3) is 0.167. The van der Waals surface area contributed by atoms with Gasteiger partial charge in [0.15, 0.2) is 5.06 Å². The van der Waals surface area contributed by atoms with Crippen LogP contribution in [0.25, 0.3) is 0 Å². The van der Waals surface area contributed by atoms with Crippen LogP contribution in [0.3, 0.4) is 0 Å². The summed E-state index contributed by atoms with van der Waals surface area (Å²) in [4.78, 5) is 0. The van der Waals surface area contributed by atoms with Crippen LogP contribution in [-0.2, 0) is 0 Å². The van der Waals surface area contributed by atoms with Crippen molar-refractivity contribution < 1.29 is 4.74 Å². The molecule has 1 aromatic rings. The van der Waals surface area contributed by atoms with E-state index in [2.05, 4.69) is 6.92 Å². The van der Waals surface area contributed by atoms with Gasteiger partial charge in [0, 0.05) is 0 Å². The Hall–Kier alpha value is -0.500. The largest absolute Gasteiger partial charge is 0.487 e. The molecule has 0 saturated carbocycles. The van der Waals surface area contributed by atoms with Crippen molar-refractivity contribution in [2.75, 3.05) is 7.11 Å². The lowest BCUT2D eigenvalue weighted by molar-refractivity contribution is 0.427. The van der Waals surface area contributed by atoms with Crippen molar-refractivity contribution in [1.29, 1.82) is 0 Å². The maximum Gasteiger partial charge on any atom is 0.173 e. The number of hydrogen-bond acceptors (Lipinski definition) is 2. The zero-order valence-corrected chi connectivity index (χ0v) is 5.49. The average molecular weight is 127 g/mol. The molecule has 0 aromatic carbocycles. The molecule has 0 aliphatic heterocycles. The first kappa shape index (κ1) is 5.63. The number of ether oxygens (including phenoxy) is 1. The fourth-order valence-corrected chi connectivity index (χ4v) is 1.11. The van der Waals surface area contributed by atoms with Gasteiger partial charge in [-0.3, -0.25) is 0 Å². The molecule has 1 heterocycles. The molecule has 43 valence electrons. The smallest absolute Gasteiger partial charge is 0.173 e. The molecule has 0 aliphatic rings. The van der Waals surface area contributed by atoms with Crippen molar-refractivity contribution in [3.05, 3.63) is 23.9 Å². The Bertz CT molecular complexity index is 169. The maximum absolute atomic E-state index is 4.91. The topological polar surface area (TPSA) is 9.23 Å². The van der Waals surface area contributed by atoms with Crippen molar-refractivity contribution in [3.63, 3.8) is 0 Å². The Kier molecular flexibility index (Phi) is 1.53. The van der Waals surface area contributed by atoms with E-state index in [1.807, 2.05) is 11.4 Å². The summed E-state index contributed by atoms with van der Waals surface area (Å²) < 4.78 is 4.91. The Labute approximate surface area is 52.9 Å². The van der Waals surface area contributed by atoms with Crippen molar-refractivity contribution in [2.24, 2.45) is 0 Å². The summed E-state index contributed by atoms with van der Waals surface area (Å²) in [6.45, 7) is 3.72. The van der Waals surface area contributed by atoms with E-state index in [9.17, 15) is 0 Å². The first-order chi connectivity index (χ1) is 3.83. The van der Waals surface area contributed by atoms with Crippen LogP contribution in [0.4, 0.5) is 0 Å². The molecular weight excluding hydrogens is 120 g/mol. The molecule has 1 aromatic heterocycles. The zero-order chi connectivity index (χ0) is 5.98. The second kappa shape index (κ2) is 2.18. The minimum Gasteiger partial charge on any atom is -0.487 e. The first-order valence-corrected chi connectivity index (χ1v) is 3.15. The number of methoxy groups -OCH3 is 1. The van der Waals surface area contributed by atoms with Crippen LogP contribution in [0, 0.1) is 6.92 Å². The standard InChI is InChI=1S/C6H7OS/c1-5-3-6(7-2)8-4-5/h3-4H,1H2,2H3. The van der Waals surface area contributed by atoms with E-state index in [1.54, 1.807) is 18.4 Å². The molecular formula is C6H7OS. The Balaban J connectivity index is 2.84. The third kappa shape index (κ3) is 1.01. The van der Waals surface area contributed by atoms with E-state index in [1.165, 1.54) is 0 Å². The lowest BCUT2D eigenvalue weighted by Crippen LogP contribution is -1.73. The van der Waals surface area contributed by atoms with Crippen LogP contribution in [0.1, 0.15) is 5.56 Å². The predicted octanol–water partition coefficient (Wildman–Crippen LogP) is 1.94. The van der Waals surface area contributed by atoms with E-state index in [-0.39, 0.29) is 0 Å². The van der Waals surface area contributed by atoms with E-state index < -0.39 is 0 Å². The Morgan fingerprint density at radius 2 is 2.50 bits per heavy atom. The monoisotopic (exact) mass is 127 g/mol. The zero-order valence-electron chi connectivity index (χ0n) is 4.68. The summed E-state index contributed by atoms with van der Waals surface area (Å²) in [6.07, 6.45) is 0. The number of hydrogen-bond donors (Lipinski definition) is 0. The van der Waals surface area contributed by atoms with Crippen LogP contribution in [-0.4, -0.2) is 7.11 Å². The maximum atomic E-state index is 4.91. The van der Waals surface area contributed by atoms with Crippen LogP contribution < -0.4 is 4.74 Å². The molecule has 0 amide bonds. The number of thiophene rings is 1. The predicted molar refractivity (Wildman–Crippen MR) is 35.3 cm³/mol. The molecule has 1 nitrogen and oxygen atoms in total. The van der Waals surface area contributed by atoms with Crippen LogP contribution in [0.5, 0.6) is 5.06 Å². The quantitative estimate of drug-likeness (QED) is 0.560. The van der Waals surface area contributed by atoms with Gasteiger partial charge in [0.25, 0.3) is 0 Å². The van der Waals surface area contributed by atoms with Gasteiger partial charge in [-0.05, 0) is 23.9 Å². The van der Waals surface area contributed by atoms with Gasteiger partial charge in [-0.15, -0.1) is 11.3 Å². The highest BCUT2D eigenvalue weighted by Gasteiger charge is 1.90. The van der Waals surface area contributed by atoms with Gasteiger partial charge in [0.05, 0.1) is 7.11 Å². The fourth-order valence-electron chi connectivity index (χ4n) is 0.460. The molecule has 0 N–H and O–H groups in total. The Morgan fingerprint density at radius 3 is 2.75 bits per heavy atom. The first-order valence-electron chi connectivity index (χ1n) is 2.27. The van der Waals surface area contributed by atoms with Gasteiger partial charge >= 0.3 is 0 Å². The van der Waals surface area contributed by atoms with Crippen LogP contribution in [0.2, 0.25) is 0 Å². The van der Waals surface area contributed by atoms with Gasteiger partial charge in [-0.1, -0.05) is 0 Å². The summed E-state index contributed by atoms with van der Waals surface area (Å²) in [7, 11) is 1.66. The van der Waals surface area contributed by atoms with E-state index in [4.69, 9.17) is 4.74 Å². The van der Waals surface area contributed by atoms with E-state index in [0.29, 0.717) is 0 Å². The highest BCUT2D eigenvalue weighted by molar-refractivity contribution is 7.12. The minimum atomic E-state index is 0.926. The molecule has 0 fully saturated rings. The van der Waals surface area contributed by atoms with Gasteiger partial charge in [-0.2, -0.15) is 0 Å². The van der Waals surface area contributed by atoms with E-state index in [0.717, 1.165) is 10.6 Å². The summed E-state index contributed by atoms with van der Waals surface area (Å²) >= 11 is 1.56. The van der Waals surface area contributed by atoms with Gasteiger partial charge < -0.3 is 4.74 Å². The van der Waals surface area contributed by atoms with Gasteiger partial charge in [-0.25, -0.2) is 0 Å². The summed E-state index contributed by atoms with van der Waals surface area (Å²) in [5, 5.41) is 2.88. The van der Waals surface area contributed by atoms with Gasteiger partial charge in [0.2, 0.25) is 0 Å². The summed E-state index contributed by atoms with van der Waals surface area (Å²) in [6, 6.07) is 1.91. The molecule has 0 bridgehead atoms. The molecule has 0 saturated heterocycles. The molecule has 0 aliphatic carbocycles. The Morgan fingerprint density at radius 1 is 1.75 bits per heavy atom. The SMILES string of the molecule is [CH2]c1csc(OC)c1. The normalized spacial score (nSPS) is 9.25. The molecule has 0 atom stereocenters. The minimum absolute atomic E-state index is 0.926. The van der Waals surface area contributed by atoms with Gasteiger partial charge in [0.1, 0.15) is 0 Å². The van der Waals surface area contributed by atoms with Crippen molar-refractivity contribution in [1.82, 2.24) is 0 Å². The summed E-state index contributed by atoms with van der Waals surface area (Å²) in [5.74, 6) is 0. The average Bonchev–Trinajstić information content (AvgIpc) is 2.14. The lowest BCUT2D eigenvalue weighted by Gasteiger charge is -1.86. The number of rotatable bonds is 1. The molecule has 1 rings (SSSR count). The summed E-state index contributed by atoms with van der Waals surface area (Å²) in [5.41, 5.74) is 1.02. The second-order valence-corrected chi connectivity index (χ2v) is 2.35. The lowest BCUT2D eigenvalue weighted by atomic mass is 10.4. The molecule has 1 radical (unpaired) electrons. The highest BCUT2D eigenvalue weighted by atomic mass is 32.1. The van der Waals surface area contributed by atoms with Crippen molar-refractivity contribution in [3.8, 4) is 5.06 Å². The highest BCUT2D eigenvalue weighted by Crippen LogP contribution is 2.20. The van der Waals surface area contributed by atoms with Crippen molar-refractivity contribution in [2.45, 2.75) is 0 Å². The van der Waals surface area contributed by atoms with Crippen LogP contribution in [0.15, 0.2) is 11.4 Å². The second-order valence-electron chi connectivity index (χ2n) is 1.48. The van der Waals surface area contributed by atoms with Crippen LogP contribution >= 0.6 is 11.3 Å². The molecule has 2 heteroatoms. The molecule has 8 heavy (non-hydrogen) atoms. The third-order valence-corrected chi connectivity index (χ3v) is 1.77. The van der Waals surface area contributed by atoms with E-state index >= 15 is 0 Å². The molecule has 0 unspecified atom stereocenters. The van der Waals surface area contributed by atoms with Crippen molar-refractivity contribution >= 4 is 11.3 Å². The molecule has 0 spiro atoms.